The van der Waals surface area contributed by atoms with Gasteiger partial charge in [0.05, 0.1) is 12.1 Å². The monoisotopic (exact) mass is 508 g/mol. The maximum atomic E-state index is 13.8. The van der Waals surface area contributed by atoms with Crippen molar-refractivity contribution in [3.05, 3.63) is 66.2 Å². The number of aromatic nitrogens is 2. The second kappa shape index (κ2) is 10.2. The first-order valence-corrected chi connectivity index (χ1v) is 12.6. The highest BCUT2D eigenvalue weighted by atomic mass is 16.5. The Morgan fingerprint density at radius 1 is 1.26 bits per heavy atom. The predicted molar refractivity (Wildman–Crippen MR) is 144 cm³/mol. The third-order valence-electron chi connectivity index (χ3n) is 7.30. The minimum Gasteiger partial charge on any atom is -0.391 e. The summed E-state index contributed by atoms with van der Waals surface area (Å²) in [6, 6.07) is 12.5. The lowest BCUT2D eigenvalue weighted by atomic mass is 9.53. The quantitative estimate of drug-likeness (QED) is 0.465. The lowest BCUT2D eigenvalue weighted by Crippen LogP contribution is -2.48. The average molecular weight is 508 g/mol. The third-order valence-corrected chi connectivity index (χ3v) is 7.30. The topological polar surface area (TPSA) is 121 Å². The first kappa shape index (κ1) is 25.9. The van der Waals surface area contributed by atoms with Crippen molar-refractivity contribution in [1.29, 1.82) is 0 Å². The third kappa shape index (κ3) is 4.67. The van der Waals surface area contributed by atoms with E-state index in [1.807, 2.05) is 50.2 Å². The van der Waals surface area contributed by atoms with E-state index in [0.29, 0.717) is 17.2 Å². The number of aliphatic hydroxyl groups excluding tert-OH is 1. The molecule has 5 rings (SSSR count). The molecule has 1 aromatic carbocycles. The Labute approximate surface area is 223 Å². The average Bonchev–Trinajstić information content (AvgIpc) is 3.62. The van der Waals surface area contributed by atoms with E-state index in [9.17, 15) is 14.7 Å². The van der Waals surface area contributed by atoms with Crippen LogP contribution in [0.4, 0.5) is 0 Å². The molecule has 0 bridgehead atoms. The van der Waals surface area contributed by atoms with Crippen molar-refractivity contribution < 1.29 is 19.2 Å². The molecular formula is C27H28B2N5O4. The lowest BCUT2D eigenvalue weighted by molar-refractivity contribution is -0.134. The maximum absolute atomic E-state index is 13.8. The molecule has 0 saturated carbocycles. The van der Waals surface area contributed by atoms with Crippen molar-refractivity contribution in [3.8, 4) is 11.1 Å². The van der Waals surface area contributed by atoms with Gasteiger partial charge in [0.15, 0.2) is 5.54 Å². The summed E-state index contributed by atoms with van der Waals surface area (Å²) in [5.74, 6) is -0.481. The number of carbonyl (C=O) groups is 2. The fourth-order valence-electron chi connectivity index (χ4n) is 5.19. The van der Waals surface area contributed by atoms with Gasteiger partial charge in [-0.05, 0) is 41.7 Å². The van der Waals surface area contributed by atoms with Gasteiger partial charge in [-0.3, -0.25) is 14.6 Å². The van der Waals surface area contributed by atoms with Crippen molar-refractivity contribution >= 4 is 38.2 Å². The minimum absolute atomic E-state index is 0.108. The van der Waals surface area contributed by atoms with E-state index in [-0.39, 0.29) is 30.7 Å². The van der Waals surface area contributed by atoms with Crippen LogP contribution in [0.1, 0.15) is 44.4 Å². The standard InChI is InChI=1S/C27H28B2N5O4/c1-15(2)23(21-12-22(29-28)33-38-21)25(36)34-14-19(35)11-20(34)24-31-26(37)27(3,32-24)18-8-6-16(7-9-18)17-5-4-10-30-13-17/h4-10,12-13,15,19-20,23,35H,11,14H2,1-3H3,(H,31,32,37)/t19-,20+,23?,27?/m1/s1. The smallest absolute Gasteiger partial charge is 0.257 e. The number of aliphatic hydroxyl groups is 1. The van der Waals surface area contributed by atoms with Crippen molar-refractivity contribution in [3.63, 3.8) is 0 Å². The van der Waals surface area contributed by atoms with Crippen molar-refractivity contribution in [2.75, 3.05) is 6.54 Å². The zero-order chi connectivity index (χ0) is 27.0. The number of β-amino-alcohol motifs (C(OH)–C–C–N with tert-alkyl or cyclic N) is 1. The van der Waals surface area contributed by atoms with Gasteiger partial charge in [-0.15, -0.1) is 0 Å². The number of nitrogens with one attached hydrogen (secondary N) is 1. The zero-order valence-corrected chi connectivity index (χ0v) is 21.5. The molecule has 2 N–H and O–H groups in total. The normalized spacial score (nSPS) is 23.9. The summed E-state index contributed by atoms with van der Waals surface area (Å²) < 4.78 is 5.42. The largest absolute Gasteiger partial charge is 0.391 e. The second-order valence-electron chi connectivity index (χ2n) is 10.3. The van der Waals surface area contributed by atoms with Crippen LogP contribution in [0.25, 0.3) is 11.1 Å². The molecular weight excluding hydrogens is 480 g/mol. The number of likely N-dealkylation sites (tertiary alicyclic amines) is 1. The summed E-state index contributed by atoms with van der Waals surface area (Å²) >= 11 is 0. The summed E-state index contributed by atoms with van der Waals surface area (Å²) in [5, 5.41) is 17.3. The van der Waals surface area contributed by atoms with Crippen LogP contribution in [0.2, 0.25) is 0 Å². The van der Waals surface area contributed by atoms with E-state index >= 15 is 0 Å². The molecule has 11 heteroatoms. The highest BCUT2D eigenvalue weighted by Gasteiger charge is 2.48. The molecule has 2 aromatic heterocycles. The van der Waals surface area contributed by atoms with Gasteiger partial charge in [-0.2, -0.15) is 0 Å². The predicted octanol–water partition coefficient (Wildman–Crippen LogP) is 1.29. The summed E-state index contributed by atoms with van der Waals surface area (Å²) in [7, 11) is 6.86. The number of aliphatic imine (C=N–C) groups is 1. The van der Waals surface area contributed by atoms with E-state index in [1.54, 1.807) is 30.3 Å². The van der Waals surface area contributed by atoms with E-state index in [0.717, 1.165) is 16.7 Å². The number of nitrogens with zero attached hydrogens (tertiary/aromatic N) is 4. The Bertz CT molecular complexity index is 1360. The van der Waals surface area contributed by atoms with Crippen molar-refractivity contribution in [1.82, 2.24) is 20.4 Å². The van der Waals surface area contributed by atoms with Crippen LogP contribution in [0, 0.1) is 5.92 Å². The van der Waals surface area contributed by atoms with Crippen LogP contribution >= 0.6 is 0 Å². The van der Waals surface area contributed by atoms with Gasteiger partial charge in [-0.1, -0.05) is 49.3 Å². The van der Waals surface area contributed by atoms with Crippen molar-refractivity contribution in [2.45, 2.75) is 50.8 Å². The van der Waals surface area contributed by atoms with Crippen LogP contribution in [0.5, 0.6) is 0 Å². The molecule has 3 aromatic rings. The molecule has 1 saturated heterocycles. The van der Waals surface area contributed by atoms with Gasteiger partial charge in [0.1, 0.15) is 24.7 Å². The Balaban J connectivity index is 1.42. The number of rotatable bonds is 7. The SMILES string of the molecule is [B][B]c1cc(C(C(=O)N2C[C@H](O)C[C@H]2C2=NC(C)(c3ccc(-c4cccnc4)cc3)C(=O)N2)C(C)C)on1. The number of benzene rings is 1. The Hall–Kier alpha value is -3.72. The molecule has 191 valence electrons. The first-order chi connectivity index (χ1) is 18.2. The lowest BCUT2D eigenvalue weighted by Gasteiger charge is -2.29. The van der Waals surface area contributed by atoms with Crippen molar-refractivity contribution in [2.24, 2.45) is 10.9 Å². The summed E-state index contributed by atoms with van der Waals surface area (Å²) in [6.45, 7) is 5.71. The molecule has 38 heavy (non-hydrogen) atoms. The Morgan fingerprint density at radius 3 is 2.66 bits per heavy atom. The van der Waals surface area contributed by atoms with Crippen LogP contribution < -0.4 is 10.9 Å². The van der Waals surface area contributed by atoms with Crippen LogP contribution in [-0.4, -0.2) is 71.4 Å². The first-order valence-electron chi connectivity index (χ1n) is 12.6. The fourth-order valence-corrected chi connectivity index (χ4v) is 5.19. The van der Waals surface area contributed by atoms with Crippen LogP contribution in [0.3, 0.4) is 0 Å². The molecule has 1 fully saturated rings. The van der Waals surface area contributed by atoms with Gasteiger partial charge in [0.25, 0.3) is 5.91 Å². The molecule has 2 aliphatic rings. The van der Waals surface area contributed by atoms with Gasteiger partial charge in [0.2, 0.25) is 5.91 Å². The van der Waals surface area contributed by atoms with Gasteiger partial charge >= 0.3 is 0 Å². The number of carbonyl (C=O) groups excluding carboxylic acids is 2. The molecule has 0 aliphatic carbocycles. The molecule has 0 spiro atoms. The molecule has 2 amide bonds. The van der Waals surface area contributed by atoms with Crippen LogP contribution in [-0.2, 0) is 15.1 Å². The molecule has 4 heterocycles. The van der Waals surface area contributed by atoms with Crippen LogP contribution in [0.15, 0.2) is 64.4 Å². The molecule has 4 atom stereocenters. The number of hydrogen-bond donors (Lipinski definition) is 2. The Morgan fingerprint density at radius 2 is 2.03 bits per heavy atom. The number of hydrogen-bond acceptors (Lipinski definition) is 7. The number of pyridine rings is 1. The van der Waals surface area contributed by atoms with E-state index < -0.39 is 23.6 Å². The van der Waals surface area contributed by atoms with Gasteiger partial charge < -0.3 is 19.8 Å². The summed E-state index contributed by atoms with van der Waals surface area (Å²) in [6.07, 6.45) is 3.02. The molecule has 3 radical (unpaired) electrons. The highest BCUT2D eigenvalue weighted by Crippen LogP contribution is 2.35. The Kier molecular flexibility index (Phi) is 6.96. The number of amides is 2. The summed E-state index contributed by atoms with van der Waals surface area (Å²) in [4.78, 5) is 37.6. The number of amidine groups is 1. The van der Waals surface area contributed by atoms with E-state index in [4.69, 9.17) is 17.3 Å². The maximum Gasteiger partial charge on any atom is 0.257 e. The molecule has 2 unspecified atom stereocenters. The van der Waals surface area contributed by atoms with Gasteiger partial charge in [0, 0.05) is 38.7 Å². The van der Waals surface area contributed by atoms with E-state index in [2.05, 4.69) is 15.5 Å². The fraction of sp³-hybridized carbons (Fsp3) is 0.370. The molecule has 9 nitrogen and oxygen atoms in total. The summed E-state index contributed by atoms with van der Waals surface area (Å²) in [5.41, 5.74) is 1.95. The highest BCUT2D eigenvalue weighted by molar-refractivity contribution is 6.97. The van der Waals surface area contributed by atoms with E-state index in [1.165, 1.54) is 7.17 Å². The zero-order valence-electron chi connectivity index (χ0n) is 21.5. The molecule has 2 aliphatic heterocycles. The van der Waals surface area contributed by atoms with Gasteiger partial charge in [-0.25, -0.2) is 4.99 Å². The minimum atomic E-state index is -1.17. The second-order valence-corrected chi connectivity index (χ2v) is 10.3.